The highest BCUT2D eigenvalue weighted by Gasteiger charge is 2.27. The van der Waals surface area contributed by atoms with Crippen LogP contribution in [0.2, 0.25) is 0 Å². The molecule has 1 aliphatic rings. The summed E-state index contributed by atoms with van der Waals surface area (Å²) in [5, 5.41) is 14.3. The molecule has 0 bridgehead atoms. The van der Waals surface area contributed by atoms with Crippen LogP contribution in [0.15, 0.2) is 6.07 Å². The maximum atomic E-state index is 11.7. The lowest BCUT2D eigenvalue weighted by Crippen LogP contribution is -2.33. The predicted molar refractivity (Wildman–Crippen MR) is 71.4 cm³/mol. The highest BCUT2D eigenvalue weighted by Crippen LogP contribution is 2.36. The first kappa shape index (κ1) is 13.5. The molecular weight excluding hydrogens is 246 g/mol. The summed E-state index contributed by atoms with van der Waals surface area (Å²) in [6.45, 7) is 4.47. The number of H-pyrrole nitrogens is 1. The van der Waals surface area contributed by atoms with Crippen LogP contribution in [0.25, 0.3) is 0 Å². The Bertz CT molecular complexity index is 491. The van der Waals surface area contributed by atoms with Gasteiger partial charge in [0.05, 0.1) is 5.69 Å². The number of nitrogens with one attached hydrogen (secondary N) is 3. The summed E-state index contributed by atoms with van der Waals surface area (Å²) in [5.74, 6) is 0.108. The zero-order valence-electron chi connectivity index (χ0n) is 11.1. The molecule has 1 aromatic rings. The second-order valence-corrected chi connectivity index (χ2v) is 5.20. The summed E-state index contributed by atoms with van der Waals surface area (Å²) in [4.78, 5) is 25.4. The predicted octanol–water partition coefficient (Wildman–Crippen LogP) is 2.19. The van der Waals surface area contributed by atoms with E-state index in [4.69, 9.17) is 5.11 Å². The molecule has 2 rings (SSSR count). The lowest BCUT2D eigenvalue weighted by Gasteiger charge is -2.12. The zero-order chi connectivity index (χ0) is 14.0. The van der Waals surface area contributed by atoms with Gasteiger partial charge in [0, 0.05) is 12.2 Å². The number of carboxylic acid groups (broad SMARTS) is 1. The third-order valence-electron chi connectivity index (χ3n) is 3.43. The molecule has 1 aromatic heterocycles. The largest absolute Gasteiger partial charge is 0.477 e. The third kappa shape index (κ3) is 3.49. The molecule has 1 saturated carbocycles. The molecule has 0 spiro atoms. The van der Waals surface area contributed by atoms with E-state index in [1.807, 2.05) is 0 Å². The maximum Gasteiger partial charge on any atom is 0.354 e. The Hall–Kier alpha value is -1.98. The van der Waals surface area contributed by atoms with Crippen molar-refractivity contribution in [3.63, 3.8) is 0 Å². The lowest BCUT2D eigenvalue weighted by molar-refractivity contribution is 0.0692. The molecule has 1 unspecified atom stereocenters. The maximum absolute atomic E-state index is 11.7. The Labute approximate surface area is 111 Å². The SMILES string of the molecule is Cc1cc(NC(=O)NCC(C)C2CC2)c(C(=O)O)[nH]1. The van der Waals surface area contributed by atoms with Crippen LogP contribution in [0.1, 0.15) is 35.9 Å². The minimum atomic E-state index is -1.09. The summed E-state index contributed by atoms with van der Waals surface area (Å²) in [7, 11) is 0. The molecule has 1 heterocycles. The van der Waals surface area contributed by atoms with Gasteiger partial charge in [-0.25, -0.2) is 9.59 Å². The summed E-state index contributed by atoms with van der Waals surface area (Å²) < 4.78 is 0. The molecule has 1 atom stereocenters. The van der Waals surface area contributed by atoms with Gasteiger partial charge in [-0.05, 0) is 37.7 Å². The molecule has 0 saturated heterocycles. The minimum Gasteiger partial charge on any atom is -0.477 e. The molecule has 1 fully saturated rings. The van der Waals surface area contributed by atoms with Crippen LogP contribution in [-0.2, 0) is 0 Å². The highest BCUT2D eigenvalue weighted by atomic mass is 16.4. The number of aromatic amines is 1. The van der Waals surface area contributed by atoms with E-state index in [0.29, 0.717) is 23.8 Å². The zero-order valence-corrected chi connectivity index (χ0v) is 11.1. The second-order valence-electron chi connectivity index (χ2n) is 5.20. The number of urea groups is 1. The van der Waals surface area contributed by atoms with Gasteiger partial charge in [-0.1, -0.05) is 6.92 Å². The molecule has 4 N–H and O–H groups in total. The standard InChI is InChI=1S/C13H19N3O3/c1-7(9-3-4-9)6-14-13(19)16-10-5-8(2)15-11(10)12(17)18/h5,7,9,15H,3-4,6H2,1-2H3,(H,17,18)(H2,14,16,19). The fourth-order valence-corrected chi connectivity index (χ4v) is 2.11. The Balaban J connectivity index is 1.89. The number of rotatable bonds is 5. The molecule has 1 aliphatic carbocycles. The van der Waals surface area contributed by atoms with Gasteiger partial charge >= 0.3 is 12.0 Å². The number of aromatic carboxylic acids is 1. The van der Waals surface area contributed by atoms with Crippen LogP contribution in [0.3, 0.4) is 0 Å². The molecule has 2 amide bonds. The average Bonchev–Trinajstić information content (AvgIpc) is 3.11. The van der Waals surface area contributed by atoms with Crippen LogP contribution in [-0.4, -0.2) is 28.6 Å². The monoisotopic (exact) mass is 265 g/mol. The normalized spacial score (nSPS) is 15.9. The minimum absolute atomic E-state index is 0.00268. The quantitative estimate of drug-likeness (QED) is 0.657. The van der Waals surface area contributed by atoms with Gasteiger partial charge in [0.1, 0.15) is 5.69 Å². The van der Waals surface area contributed by atoms with Crippen molar-refractivity contribution in [2.24, 2.45) is 11.8 Å². The number of hydrogen-bond donors (Lipinski definition) is 4. The van der Waals surface area contributed by atoms with E-state index >= 15 is 0 Å². The molecular formula is C13H19N3O3. The Morgan fingerprint density at radius 2 is 2.21 bits per heavy atom. The van der Waals surface area contributed by atoms with Crippen LogP contribution in [0.5, 0.6) is 0 Å². The average molecular weight is 265 g/mol. The fourth-order valence-electron chi connectivity index (χ4n) is 2.11. The second kappa shape index (κ2) is 5.34. The van der Waals surface area contributed by atoms with E-state index in [1.54, 1.807) is 13.0 Å². The summed E-state index contributed by atoms with van der Waals surface area (Å²) in [6.07, 6.45) is 2.48. The van der Waals surface area contributed by atoms with E-state index in [0.717, 1.165) is 5.92 Å². The Morgan fingerprint density at radius 1 is 1.53 bits per heavy atom. The van der Waals surface area contributed by atoms with Crippen molar-refractivity contribution in [1.29, 1.82) is 0 Å². The fraction of sp³-hybridized carbons (Fsp3) is 0.538. The molecule has 0 radical (unpaired) electrons. The number of carbonyl (C=O) groups is 2. The van der Waals surface area contributed by atoms with Gasteiger partial charge in [0.25, 0.3) is 0 Å². The highest BCUT2D eigenvalue weighted by molar-refractivity contribution is 5.99. The van der Waals surface area contributed by atoms with Crippen molar-refractivity contribution in [2.75, 3.05) is 11.9 Å². The molecule has 0 aliphatic heterocycles. The molecule has 0 aromatic carbocycles. The number of carbonyl (C=O) groups excluding carboxylic acids is 1. The molecule has 104 valence electrons. The lowest BCUT2D eigenvalue weighted by atomic mass is 10.1. The van der Waals surface area contributed by atoms with E-state index in [-0.39, 0.29) is 11.7 Å². The van der Waals surface area contributed by atoms with Crippen molar-refractivity contribution in [2.45, 2.75) is 26.7 Å². The van der Waals surface area contributed by atoms with Crippen LogP contribution >= 0.6 is 0 Å². The molecule has 6 heteroatoms. The van der Waals surface area contributed by atoms with Gasteiger partial charge in [-0.2, -0.15) is 0 Å². The van der Waals surface area contributed by atoms with Crippen molar-refractivity contribution in [1.82, 2.24) is 10.3 Å². The number of aryl methyl sites for hydroxylation is 1. The van der Waals surface area contributed by atoms with E-state index < -0.39 is 5.97 Å². The first-order valence-corrected chi connectivity index (χ1v) is 6.45. The van der Waals surface area contributed by atoms with Gasteiger partial charge in [-0.3, -0.25) is 0 Å². The van der Waals surface area contributed by atoms with Crippen LogP contribution in [0, 0.1) is 18.8 Å². The van der Waals surface area contributed by atoms with Crippen molar-refractivity contribution >= 4 is 17.7 Å². The Kier molecular flexibility index (Phi) is 3.78. The van der Waals surface area contributed by atoms with Crippen LogP contribution in [0.4, 0.5) is 10.5 Å². The van der Waals surface area contributed by atoms with E-state index in [2.05, 4.69) is 22.5 Å². The number of amides is 2. The van der Waals surface area contributed by atoms with E-state index in [9.17, 15) is 9.59 Å². The Morgan fingerprint density at radius 3 is 2.79 bits per heavy atom. The van der Waals surface area contributed by atoms with E-state index in [1.165, 1.54) is 12.8 Å². The first-order valence-electron chi connectivity index (χ1n) is 6.45. The topological polar surface area (TPSA) is 94.2 Å². The van der Waals surface area contributed by atoms with Crippen molar-refractivity contribution in [3.05, 3.63) is 17.5 Å². The number of anilines is 1. The van der Waals surface area contributed by atoms with Gasteiger partial charge < -0.3 is 20.7 Å². The molecule has 6 nitrogen and oxygen atoms in total. The number of carboxylic acids is 1. The third-order valence-corrected chi connectivity index (χ3v) is 3.43. The van der Waals surface area contributed by atoms with Crippen molar-refractivity contribution < 1.29 is 14.7 Å². The van der Waals surface area contributed by atoms with Gasteiger partial charge in [-0.15, -0.1) is 0 Å². The van der Waals surface area contributed by atoms with Gasteiger partial charge in [0.15, 0.2) is 0 Å². The van der Waals surface area contributed by atoms with Crippen LogP contribution < -0.4 is 10.6 Å². The number of hydrogen-bond acceptors (Lipinski definition) is 2. The summed E-state index contributed by atoms with van der Waals surface area (Å²) >= 11 is 0. The molecule has 19 heavy (non-hydrogen) atoms. The smallest absolute Gasteiger partial charge is 0.354 e. The first-order chi connectivity index (χ1) is 8.97. The van der Waals surface area contributed by atoms with Crippen molar-refractivity contribution in [3.8, 4) is 0 Å². The number of aromatic nitrogens is 1. The summed E-state index contributed by atoms with van der Waals surface area (Å²) in [6, 6.07) is 1.24. The van der Waals surface area contributed by atoms with Gasteiger partial charge in [0.2, 0.25) is 0 Å². The summed E-state index contributed by atoms with van der Waals surface area (Å²) in [5.41, 5.74) is 0.989.